The molecule has 3 nitrogen and oxygen atoms in total. The maximum Gasteiger partial charge on any atom is 0.101 e. The summed E-state index contributed by atoms with van der Waals surface area (Å²) in [5.74, 6) is 0.640. The largest absolute Gasteiger partial charge is 0.393 e. The van der Waals surface area contributed by atoms with Crippen molar-refractivity contribution in [3.63, 3.8) is 0 Å². The van der Waals surface area contributed by atoms with E-state index in [0.717, 1.165) is 38.5 Å². The van der Waals surface area contributed by atoms with Gasteiger partial charge in [-0.2, -0.15) is 0 Å². The number of hydrogen-bond acceptors (Lipinski definition) is 3. The highest BCUT2D eigenvalue weighted by Crippen LogP contribution is 2.62. The molecule has 0 amide bonds. The van der Waals surface area contributed by atoms with E-state index in [9.17, 15) is 10.2 Å². The van der Waals surface area contributed by atoms with Crippen molar-refractivity contribution in [2.75, 3.05) is 0 Å². The standard InChI is InChI=1S/C17H26O3/c1-3-5-12-10-16(19)11-14(6-4-2)20-17(16)8-7-13(18)9-15(12)17/h3-4,12-15,18-19H,1-2,5-11H2/t12-,13+,14-,15?,16+,17-/m1/s1. The summed E-state index contributed by atoms with van der Waals surface area (Å²) >= 11 is 0. The zero-order chi connectivity index (χ0) is 14.4. The molecule has 3 aliphatic rings. The van der Waals surface area contributed by atoms with E-state index in [1.54, 1.807) is 0 Å². The Morgan fingerprint density at radius 3 is 2.65 bits per heavy atom. The van der Waals surface area contributed by atoms with Crippen LogP contribution in [0.2, 0.25) is 0 Å². The number of aliphatic hydroxyl groups excluding tert-OH is 1. The third kappa shape index (κ3) is 1.91. The van der Waals surface area contributed by atoms with Gasteiger partial charge >= 0.3 is 0 Å². The second kappa shape index (κ2) is 4.97. The van der Waals surface area contributed by atoms with Crippen LogP contribution in [-0.2, 0) is 4.74 Å². The zero-order valence-electron chi connectivity index (χ0n) is 12.1. The molecule has 2 saturated carbocycles. The summed E-state index contributed by atoms with van der Waals surface area (Å²) in [5, 5.41) is 21.3. The van der Waals surface area contributed by atoms with Gasteiger partial charge in [-0.05, 0) is 50.4 Å². The van der Waals surface area contributed by atoms with Crippen molar-refractivity contribution in [3.05, 3.63) is 25.3 Å². The van der Waals surface area contributed by atoms with Gasteiger partial charge in [0.15, 0.2) is 0 Å². The molecule has 112 valence electrons. The summed E-state index contributed by atoms with van der Waals surface area (Å²) in [7, 11) is 0. The van der Waals surface area contributed by atoms with E-state index >= 15 is 0 Å². The number of hydrogen-bond donors (Lipinski definition) is 2. The van der Waals surface area contributed by atoms with Crippen LogP contribution in [0.25, 0.3) is 0 Å². The van der Waals surface area contributed by atoms with Crippen LogP contribution in [0.4, 0.5) is 0 Å². The van der Waals surface area contributed by atoms with Crippen LogP contribution in [0.3, 0.4) is 0 Å². The highest BCUT2D eigenvalue weighted by atomic mass is 16.5. The first-order chi connectivity index (χ1) is 9.54. The average Bonchev–Trinajstić information content (AvgIpc) is 2.77. The van der Waals surface area contributed by atoms with Crippen LogP contribution in [0.1, 0.15) is 44.9 Å². The Balaban J connectivity index is 1.91. The number of ether oxygens (including phenoxy) is 1. The van der Waals surface area contributed by atoms with E-state index in [-0.39, 0.29) is 18.1 Å². The van der Waals surface area contributed by atoms with Crippen molar-refractivity contribution in [2.45, 2.75) is 68.4 Å². The van der Waals surface area contributed by atoms with Gasteiger partial charge in [0.05, 0.1) is 17.8 Å². The summed E-state index contributed by atoms with van der Waals surface area (Å²) in [6.45, 7) is 7.63. The lowest BCUT2D eigenvalue weighted by molar-refractivity contribution is -0.166. The summed E-state index contributed by atoms with van der Waals surface area (Å²) in [6, 6.07) is 0. The molecule has 6 atom stereocenters. The van der Waals surface area contributed by atoms with E-state index in [0.29, 0.717) is 12.3 Å². The Morgan fingerprint density at radius 2 is 1.95 bits per heavy atom. The van der Waals surface area contributed by atoms with Crippen LogP contribution in [-0.4, -0.2) is 33.6 Å². The number of aliphatic hydroxyl groups is 2. The second-order valence-corrected chi connectivity index (χ2v) is 6.91. The fourth-order valence-corrected chi connectivity index (χ4v) is 5.07. The molecule has 3 heteroatoms. The van der Waals surface area contributed by atoms with E-state index in [1.165, 1.54) is 0 Å². The van der Waals surface area contributed by atoms with Crippen LogP contribution in [0.15, 0.2) is 25.3 Å². The molecule has 2 N–H and O–H groups in total. The first kappa shape index (κ1) is 14.3. The first-order valence-electron chi connectivity index (χ1n) is 7.85. The van der Waals surface area contributed by atoms with Gasteiger partial charge in [-0.3, -0.25) is 0 Å². The minimum atomic E-state index is -0.723. The molecule has 1 unspecified atom stereocenters. The fraction of sp³-hybridized carbons (Fsp3) is 0.765. The molecule has 1 saturated heterocycles. The van der Waals surface area contributed by atoms with Crippen molar-refractivity contribution in [2.24, 2.45) is 11.8 Å². The SMILES string of the molecule is C=CC[C@@H]1C[C@@]2(O)C[C@@H](CC=C)C3C[C@@H](O)CC[C@@]32O1. The molecule has 2 aliphatic carbocycles. The minimum Gasteiger partial charge on any atom is -0.393 e. The predicted molar refractivity (Wildman–Crippen MR) is 78.3 cm³/mol. The van der Waals surface area contributed by atoms with E-state index < -0.39 is 11.2 Å². The number of rotatable bonds is 4. The van der Waals surface area contributed by atoms with Gasteiger partial charge in [0.1, 0.15) is 5.60 Å². The lowest BCUT2D eigenvalue weighted by Gasteiger charge is -2.45. The predicted octanol–water partition coefficient (Wildman–Crippen LogP) is 2.58. The molecule has 0 bridgehead atoms. The average molecular weight is 278 g/mol. The monoisotopic (exact) mass is 278 g/mol. The third-order valence-electron chi connectivity index (χ3n) is 5.77. The van der Waals surface area contributed by atoms with Crippen LogP contribution in [0.5, 0.6) is 0 Å². The van der Waals surface area contributed by atoms with Crippen molar-refractivity contribution in [1.82, 2.24) is 0 Å². The smallest absolute Gasteiger partial charge is 0.101 e. The molecule has 3 fully saturated rings. The molecule has 0 aromatic rings. The second-order valence-electron chi connectivity index (χ2n) is 6.91. The summed E-state index contributed by atoms with van der Waals surface area (Å²) in [4.78, 5) is 0. The van der Waals surface area contributed by atoms with Crippen LogP contribution < -0.4 is 0 Å². The van der Waals surface area contributed by atoms with Gasteiger partial charge in [-0.1, -0.05) is 12.2 Å². The molecule has 1 aliphatic heterocycles. The Morgan fingerprint density at radius 1 is 1.20 bits per heavy atom. The van der Waals surface area contributed by atoms with Gasteiger partial charge in [0.25, 0.3) is 0 Å². The molecule has 1 spiro atoms. The molecule has 0 aromatic heterocycles. The van der Waals surface area contributed by atoms with Crippen molar-refractivity contribution < 1.29 is 14.9 Å². The first-order valence-corrected chi connectivity index (χ1v) is 7.85. The van der Waals surface area contributed by atoms with E-state index in [4.69, 9.17) is 4.74 Å². The Hall–Kier alpha value is -0.640. The lowest BCUT2D eigenvalue weighted by Crippen LogP contribution is -2.53. The minimum absolute atomic E-state index is 0.0833. The maximum atomic E-state index is 11.2. The normalized spacial score (nSPS) is 50.5. The van der Waals surface area contributed by atoms with Crippen LogP contribution in [0, 0.1) is 11.8 Å². The van der Waals surface area contributed by atoms with Gasteiger partial charge < -0.3 is 14.9 Å². The van der Waals surface area contributed by atoms with Gasteiger partial charge in [0.2, 0.25) is 0 Å². The molecular formula is C17H26O3. The highest BCUT2D eigenvalue weighted by molar-refractivity contribution is 5.20. The topological polar surface area (TPSA) is 49.7 Å². The van der Waals surface area contributed by atoms with Crippen molar-refractivity contribution in [1.29, 1.82) is 0 Å². The fourth-order valence-electron chi connectivity index (χ4n) is 5.07. The Kier molecular flexibility index (Phi) is 3.56. The molecule has 0 radical (unpaired) electrons. The molecular weight excluding hydrogens is 252 g/mol. The van der Waals surface area contributed by atoms with Gasteiger partial charge in [0, 0.05) is 6.42 Å². The van der Waals surface area contributed by atoms with E-state index in [2.05, 4.69) is 13.2 Å². The van der Waals surface area contributed by atoms with E-state index in [1.807, 2.05) is 12.2 Å². The van der Waals surface area contributed by atoms with Gasteiger partial charge in [-0.15, -0.1) is 13.2 Å². The Labute approximate surface area is 121 Å². The Bertz CT molecular complexity index is 407. The lowest BCUT2D eigenvalue weighted by atomic mass is 9.69. The molecule has 0 aromatic carbocycles. The van der Waals surface area contributed by atoms with Crippen LogP contribution >= 0.6 is 0 Å². The third-order valence-corrected chi connectivity index (χ3v) is 5.77. The summed E-state index contributed by atoms with van der Waals surface area (Å²) in [5.41, 5.74) is -1.16. The van der Waals surface area contributed by atoms with Gasteiger partial charge in [-0.25, -0.2) is 0 Å². The molecule has 20 heavy (non-hydrogen) atoms. The maximum absolute atomic E-state index is 11.2. The van der Waals surface area contributed by atoms with Crippen molar-refractivity contribution in [3.8, 4) is 0 Å². The molecule has 3 rings (SSSR count). The molecule has 1 heterocycles. The summed E-state index contributed by atoms with van der Waals surface area (Å²) in [6.07, 6.45) is 9.09. The summed E-state index contributed by atoms with van der Waals surface area (Å²) < 4.78 is 6.38. The van der Waals surface area contributed by atoms with Crippen molar-refractivity contribution >= 4 is 0 Å². The quantitative estimate of drug-likeness (QED) is 0.777. The zero-order valence-corrected chi connectivity index (χ0v) is 12.1. The number of allylic oxidation sites excluding steroid dienone is 1. The highest BCUT2D eigenvalue weighted by Gasteiger charge is 2.69.